The molecule has 3 aromatic rings. The normalized spacial score (nSPS) is 14.8. The van der Waals surface area contributed by atoms with Gasteiger partial charge in [0, 0.05) is 29.9 Å². The molecule has 0 bridgehead atoms. The van der Waals surface area contributed by atoms with Gasteiger partial charge in [-0.1, -0.05) is 23.4 Å². The molecule has 0 aliphatic carbocycles. The third kappa shape index (κ3) is 3.98. The minimum Gasteiger partial charge on any atom is -0.322 e. The molecule has 0 spiro atoms. The van der Waals surface area contributed by atoms with Crippen LogP contribution in [-0.4, -0.2) is 41.9 Å². The molecule has 1 saturated heterocycles. The second-order valence-electron chi connectivity index (χ2n) is 6.62. The second kappa shape index (κ2) is 7.64. The zero-order valence-electron chi connectivity index (χ0n) is 15.3. The van der Waals surface area contributed by atoms with E-state index < -0.39 is 21.7 Å². The zero-order chi connectivity index (χ0) is 20.4. The van der Waals surface area contributed by atoms with Gasteiger partial charge in [-0.25, -0.2) is 13.2 Å². The van der Waals surface area contributed by atoms with E-state index in [1.165, 1.54) is 16.4 Å². The highest BCUT2D eigenvalue weighted by Gasteiger charge is 2.27. The number of rotatable bonds is 5. The van der Waals surface area contributed by atoms with Crippen LogP contribution in [0.3, 0.4) is 0 Å². The summed E-state index contributed by atoms with van der Waals surface area (Å²) in [6.07, 6.45) is 1.68. The van der Waals surface area contributed by atoms with E-state index >= 15 is 0 Å². The summed E-state index contributed by atoms with van der Waals surface area (Å²) >= 11 is 0. The van der Waals surface area contributed by atoms with Gasteiger partial charge in [-0.3, -0.25) is 14.3 Å². The Balaban J connectivity index is 1.56. The predicted molar refractivity (Wildman–Crippen MR) is 105 cm³/mol. The number of amides is 1. The minimum atomic E-state index is -3.61. The first kappa shape index (κ1) is 19.1. The van der Waals surface area contributed by atoms with Crippen molar-refractivity contribution in [3.63, 3.8) is 0 Å². The van der Waals surface area contributed by atoms with Crippen LogP contribution in [0.25, 0.3) is 11.4 Å². The lowest BCUT2D eigenvalue weighted by Gasteiger charge is -2.16. The maximum absolute atomic E-state index is 12.7. The number of carbonyl (C=O) groups excluding carboxylic acids is 1. The molecule has 2 aromatic carbocycles. The molecule has 1 aliphatic heterocycles. The number of nitrogens with zero attached hydrogens (tertiary/aromatic N) is 2. The molecule has 1 amide bonds. The van der Waals surface area contributed by atoms with Gasteiger partial charge < -0.3 is 5.32 Å². The third-order valence-corrected chi connectivity index (χ3v) is 6.53. The van der Waals surface area contributed by atoms with Crippen molar-refractivity contribution in [1.29, 1.82) is 0 Å². The summed E-state index contributed by atoms with van der Waals surface area (Å²) in [5.74, 6) is -0.885. The van der Waals surface area contributed by atoms with Gasteiger partial charge in [0.1, 0.15) is 0 Å². The summed E-state index contributed by atoms with van der Waals surface area (Å²) in [4.78, 5) is 26.3. The number of nitrogens with one attached hydrogen (secondary N) is 2. The zero-order valence-corrected chi connectivity index (χ0v) is 16.1. The third-order valence-electron chi connectivity index (χ3n) is 4.63. The van der Waals surface area contributed by atoms with Gasteiger partial charge in [0.05, 0.1) is 4.90 Å². The Morgan fingerprint density at radius 3 is 2.59 bits per heavy atom. The highest BCUT2D eigenvalue weighted by Crippen LogP contribution is 2.23. The molecule has 4 rings (SSSR count). The quantitative estimate of drug-likeness (QED) is 0.658. The first-order valence-electron chi connectivity index (χ1n) is 9.01. The van der Waals surface area contributed by atoms with Crippen molar-refractivity contribution in [1.82, 2.24) is 14.4 Å². The maximum Gasteiger partial charge on any atom is 0.439 e. The number of carbonyl (C=O) groups is 1. The average Bonchev–Trinajstić information content (AvgIpc) is 3.40. The molecular formula is C19H18N4O5S. The molecule has 10 heteroatoms. The number of H-pyrrole nitrogens is 1. The van der Waals surface area contributed by atoms with Crippen LogP contribution in [-0.2, 0) is 10.0 Å². The fourth-order valence-electron chi connectivity index (χ4n) is 3.18. The fourth-order valence-corrected chi connectivity index (χ4v) is 4.74. The van der Waals surface area contributed by atoms with Crippen LogP contribution in [0.2, 0.25) is 0 Å². The van der Waals surface area contributed by atoms with Gasteiger partial charge >= 0.3 is 5.76 Å². The Morgan fingerprint density at radius 1 is 1.10 bits per heavy atom. The monoisotopic (exact) mass is 414 g/mol. The Hall–Kier alpha value is -3.24. The summed E-state index contributed by atoms with van der Waals surface area (Å²) in [5.41, 5.74) is 1.24. The molecule has 1 aliphatic rings. The first-order valence-corrected chi connectivity index (χ1v) is 10.5. The minimum absolute atomic E-state index is 0.0981. The van der Waals surface area contributed by atoms with Crippen molar-refractivity contribution >= 4 is 21.6 Å². The van der Waals surface area contributed by atoms with E-state index in [0.29, 0.717) is 24.3 Å². The summed E-state index contributed by atoms with van der Waals surface area (Å²) in [7, 11) is -3.61. The van der Waals surface area contributed by atoms with Gasteiger partial charge in [-0.15, -0.1) is 0 Å². The van der Waals surface area contributed by atoms with Crippen LogP contribution in [0.4, 0.5) is 5.69 Å². The van der Waals surface area contributed by atoms with Crippen molar-refractivity contribution in [3.8, 4) is 11.4 Å². The molecule has 0 radical (unpaired) electrons. The number of aromatic nitrogens is 2. The van der Waals surface area contributed by atoms with Gasteiger partial charge in [0.2, 0.25) is 10.0 Å². The van der Waals surface area contributed by atoms with Crippen LogP contribution in [0.15, 0.2) is 62.7 Å². The maximum atomic E-state index is 12.7. The molecule has 0 unspecified atom stereocenters. The van der Waals surface area contributed by atoms with E-state index in [-0.39, 0.29) is 16.3 Å². The Labute approximate surface area is 166 Å². The second-order valence-corrected chi connectivity index (χ2v) is 8.56. The molecule has 2 heterocycles. The Bertz CT molecular complexity index is 1210. The highest BCUT2D eigenvalue weighted by atomic mass is 32.2. The van der Waals surface area contributed by atoms with Gasteiger partial charge in [0.15, 0.2) is 5.82 Å². The number of hydrogen-bond donors (Lipinski definition) is 2. The number of anilines is 1. The SMILES string of the molecule is O=C(Nc1cccc(-c2noc(=O)[nH]2)c1)c1cccc(S(=O)(=O)N2CCCC2)c1. The van der Waals surface area contributed by atoms with Crippen LogP contribution < -0.4 is 11.1 Å². The molecular weight excluding hydrogens is 396 g/mol. The summed E-state index contributed by atoms with van der Waals surface area (Å²) in [6.45, 7) is 0.991. The predicted octanol–water partition coefficient (Wildman–Crippen LogP) is 2.07. The van der Waals surface area contributed by atoms with E-state index in [1.54, 1.807) is 36.4 Å². The lowest BCUT2D eigenvalue weighted by Crippen LogP contribution is -2.28. The Morgan fingerprint density at radius 2 is 1.86 bits per heavy atom. The summed E-state index contributed by atoms with van der Waals surface area (Å²) < 4.78 is 31.4. The molecule has 9 nitrogen and oxygen atoms in total. The highest BCUT2D eigenvalue weighted by molar-refractivity contribution is 7.89. The summed E-state index contributed by atoms with van der Waals surface area (Å²) in [5, 5.41) is 6.34. The van der Waals surface area contributed by atoms with Crippen molar-refractivity contribution < 1.29 is 17.7 Å². The summed E-state index contributed by atoms with van der Waals surface area (Å²) in [6, 6.07) is 12.7. The van der Waals surface area contributed by atoms with Crippen molar-refractivity contribution in [3.05, 3.63) is 64.6 Å². The number of sulfonamides is 1. The number of aromatic amines is 1. The van der Waals surface area contributed by atoms with Crippen LogP contribution in [0.1, 0.15) is 23.2 Å². The van der Waals surface area contributed by atoms with Crippen LogP contribution >= 0.6 is 0 Å². The van der Waals surface area contributed by atoms with E-state index in [2.05, 4.69) is 20.0 Å². The molecule has 150 valence electrons. The average molecular weight is 414 g/mol. The largest absolute Gasteiger partial charge is 0.439 e. The molecule has 0 saturated carbocycles. The van der Waals surface area contributed by atoms with E-state index in [0.717, 1.165) is 12.8 Å². The number of hydrogen-bond acceptors (Lipinski definition) is 6. The standard InChI is InChI=1S/C19H18N4O5S/c24-18(20-15-7-3-5-13(11-15)17-21-19(25)28-22-17)14-6-4-8-16(12-14)29(26,27)23-9-1-2-10-23/h3-8,11-12H,1-2,9-10H2,(H,20,24)(H,21,22,25). The first-order chi connectivity index (χ1) is 13.9. The van der Waals surface area contributed by atoms with Crippen LogP contribution in [0.5, 0.6) is 0 Å². The molecule has 2 N–H and O–H groups in total. The Kier molecular flexibility index (Phi) is 5.03. The van der Waals surface area contributed by atoms with E-state index in [4.69, 9.17) is 0 Å². The molecule has 29 heavy (non-hydrogen) atoms. The molecule has 0 atom stereocenters. The topological polar surface area (TPSA) is 125 Å². The van der Waals surface area contributed by atoms with E-state index in [9.17, 15) is 18.0 Å². The lowest BCUT2D eigenvalue weighted by molar-refractivity contribution is 0.102. The van der Waals surface area contributed by atoms with Crippen molar-refractivity contribution in [2.45, 2.75) is 17.7 Å². The van der Waals surface area contributed by atoms with Gasteiger partial charge in [0.25, 0.3) is 5.91 Å². The van der Waals surface area contributed by atoms with Gasteiger partial charge in [-0.2, -0.15) is 4.31 Å². The van der Waals surface area contributed by atoms with Crippen LogP contribution in [0, 0.1) is 0 Å². The number of benzene rings is 2. The van der Waals surface area contributed by atoms with E-state index in [1.807, 2.05) is 0 Å². The van der Waals surface area contributed by atoms with Crippen molar-refractivity contribution in [2.24, 2.45) is 0 Å². The van der Waals surface area contributed by atoms with Crippen molar-refractivity contribution in [2.75, 3.05) is 18.4 Å². The molecule has 1 aromatic heterocycles. The molecule has 1 fully saturated rings. The van der Waals surface area contributed by atoms with Gasteiger partial charge in [-0.05, 0) is 43.2 Å². The fraction of sp³-hybridized carbons (Fsp3) is 0.211. The lowest BCUT2D eigenvalue weighted by atomic mass is 10.1. The smallest absolute Gasteiger partial charge is 0.322 e.